The standard InChI is InChI=1S/C17H20ClFN2/c1-10-6-11(2)17(12(3)7-10)16(21-20)9-13-8-14(19)4-5-15(13)18/h4-8,16,21H,9,20H2,1-3H3. The minimum absolute atomic E-state index is 0.107. The van der Waals surface area contributed by atoms with Gasteiger partial charge in [-0.15, -0.1) is 0 Å². The lowest BCUT2D eigenvalue weighted by molar-refractivity contribution is 0.543. The monoisotopic (exact) mass is 306 g/mol. The van der Waals surface area contributed by atoms with Gasteiger partial charge in [0, 0.05) is 5.02 Å². The zero-order valence-corrected chi connectivity index (χ0v) is 13.3. The van der Waals surface area contributed by atoms with E-state index in [1.165, 1.54) is 28.8 Å². The topological polar surface area (TPSA) is 38.0 Å². The summed E-state index contributed by atoms with van der Waals surface area (Å²) in [6, 6.07) is 8.55. The average molecular weight is 307 g/mol. The summed E-state index contributed by atoms with van der Waals surface area (Å²) >= 11 is 6.15. The highest BCUT2D eigenvalue weighted by atomic mass is 35.5. The van der Waals surface area contributed by atoms with Crippen LogP contribution in [0, 0.1) is 26.6 Å². The molecule has 0 aliphatic carbocycles. The number of hydrazine groups is 1. The van der Waals surface area contributed by atoms with E-state index >= 15 is 0 Å². The lowest BCUT2D eigenvalue weighted by atomic mass is 9.91. The Hall–Kier alpha value is -1.42. The number of nitrogens with one attached hydrogen (secondary N) is 1. The Balaban J connectivity index is 2.39. The van der Waals surface area contributed by atoms with Gasteiger partial charge in [-0.2, -0.15) is 0 Å². The van der Waals surface area contributed by atoms with E-state index in [4.69, 9.17) is 17.4 Å². The Kier molecular flexibility index (Phi) is 4.99. The quantitative estimate of drug-likeness (QED) is 0.658. The van der Waals surface area contributed by atoms with Crippen molar-refractivity contribution < 1.29 is 4.39 Å². The van der Waals surface area contributed by atoms with Crippen LogP contribution in [0.2, 0.25) is 5.02 Å². The van der Waals surface area contributed by atoms with Crippen LogP contribution in [0.4, 0.5) is 4.39 Å². The number of benzene rings is 2. The minimum atomic E-state index is -0.289. The molecule has 0 aliphatic heterocycles. The molecule has 2 nitrogen and oxygen atoms in total. The molecule has 3 N–H and O–H groups in total. The molecule has 1 atom stereocenters. The van der Waals surface area contributed by atoms with E-state index in [0.717, 1.165) is 11.1 Å². The fraction of sp³-hybridized carbons (Fsp3) is 0.294. The Labute approximate surface area is 130 Å². The number of rotatable bonds is 4. The molecule has 2 rings (SSSR count). The van der Waals surface area contributed by atoms with E-state index in [-0.39, 0.29) is 11.9 Å². The molecule has 0 bridgehead atoms. The molecule has 2 aromatic rings. The van der Waals surface area contributed by atoms with Crippen molar-refractivity contribution in [2.24, 2.45) is 5.84 Å². The molecule has 21 heavy (non-hydrogen) atoms. The Morgan fingerprint density at radius 1 is 1.14 bits per heavy atom. The average Bonchev–Trinajstić information content (AvgIpc) is 2.40. The molecular formula is C17H20ClFN2. The summed E-state index contributed by atoms with van der Waals surface area (Å²) in [5, 5.41) is 0.555. The maximum absolute atomic E-state index is 13.4. The third kappa shape index (κ3) is 3.62. The van der Waals surface area contributed by atoms with E-state index in [0.29, 0.717) is 11.4 Å². The zero-order valence-electron chi connectivity index (χ0n) is 12.5. The fourth-order valence-electron chi connectivity index (χ4n) is 2.90. The molecule has 1 unspecified atom stereocenters. The summed E-state index contributed by atoms with van der Waals surface area (Å²) < 4.78 is 13.4. The van der Waals surface area contributed by atoms with Crippen LogP contribution in [-0.2, 0) is 6.42 Å². The predicted molar refractivity (Wildman–Crippen MR) is 85.8 cm³/mol. The normalized spacial score (nSPS) is 12.5. The van der Waals surface area contributed by atoms with Gasteiger partial charge in [-0.1, -0.05) is 29.3 Å². The van der Waals surface area contributed by atoms with Crippen LogP contribution in [0.5, 0.6) is 0 Å². The van der Waals surface area contributed by atoms with Gasteiger partial charge in [-0.25, -0.2) is 4.39 Å². The maximum atomic E-state index is 13.4. The van der Waals surface area contributed by atoms with Gasteiger partial charge in [-0.3, -0.25) is 11.3 Å². The molecular weight excluding hydrogens is 287 g/mol. The largest absolute Gasteiger partial charge is 0.271 e. The van der Waals surface area contributed by atoms with Gasteiger partial charge in [0.15, 0.2) is 0 Å². The summed E-state index contributed by atoms with van der Waals surface area (Å²) in [7, 11) is 0. The Morgan fingerprint density at radius 3 is 2.33 bits per heavy atom. The maximum Gasteiger partial charge on any atom is 0.123 e. The molecule has 0 aromatic heterocycles. The molecule has 0 heterocycles. The van der Waals surface area contributed by atoms with Crippen molar-refractivity contribution in [3.8, 4) is 0 Å². The van der Waals surface area contributed by atoms with Crippen LogP contribution >= 0.6 is 11.6 Å². The predicted octanol–water partition coefficient (Wildman–Crippen LogP) is 4.15. The van der Waals surface area contributed by atoms with Crippen molar-refractivity contribution in [2.75, 3.05) is 0 Å². The van der Waals surface area contributed by atoms with E-state index in [9.17, 15) is 4.39 Å². The van der Waals surface area contributed by atoms with Gasteiger partial charge in [-0.05, 0) is 67.6 Å². The van der Waals surface area contributed by atoms with Gasteiger partial charge in [0.2, 0.25) is 0 Å². The summed E-state index contributed by atoms with van der Waals surface area (Å²) in [6.45, 7) is 6.19. The highest BCUT2D eigenvalue weighted by Crippen LogP contribution is 2.28. The van der Waals surface area contributed by atoms with Crippen molar-refractivity contribution in [1.82, 2.24) is 5.43 Å². The van der Waals surface area contributed by atoms with E-state index in [1.807, 2.05) is 0 Å². The van der Waals surface area contributed by atoms with E-state index in [2.05, 4.69) is 38.3 Å². The Morgan fingerprint density at radius 2 is 1.76 bits per heavy atom. The smallest absolute Gasteiger partial charge is 0.123 e. The van der Waals surface area contributed by atoms with Crippen molar-refractivity contribution in [3.63, 3.8) is 0 Å². The van der Waals surface area contributed by atoms with Crippen molar-refractivity contribution in [3.05, 3.63) is 69.0 Å². The molecule has 0 saturated carbocycles. The molecule has 0 amide bonds. The van der Waals surface area contributed by atoms with Crippen LogP contribution < -0.4 is 11.3 Å². The number of hydrogen-bond acceptors (Lipinski definition) is 2. The molecule has 0 aliphatic rings. The van der Waals surface area contributed by atoms with Gasteiger partial charge >= 0.3 is 0 Å². The van der Waals surface area contributed by atoms with Crippen LogP contribution in [0.3, 0.4) is 0 Å². The molecule has 4 heteroatoms. The first kappa shape index (κ1) is 16.0. The first-order valence-electron chi connectivity index (χ1n) is 6.90. The molecule has 112 valence electrons. The van der Waals surface area contributed by atoms with Crippen LogP contribution in [0.1, 0.15) is 33.9 Å². The molecule has 0 spiro atoms. The van der Waals surface area contributed by atoms with Gasteiger partial charge in [0.25, 0.3) is 0 Å². The van der Waals surface area contributed by atoms with Crippen molar-refractivity contribution in [2.45, 2.75) is 33.2 Å². The van der Waals surface area contributed by atoms with Crippen molar-refractivity contribution >= 4 is 11.6 Å². The summed E-state index contributed by atoms with van der Waals surface area (Å²) in [5.74, 6) is 5.44. The highest BCUT2D eigenvalue weighted by Gasteiger charge is 2.17. The summed E-state index contributed by atoms with van der Waals surface area (Å²) in [6.07, 6.45) is 0.540. The number of nitrogens with two attached hydrogens (primary N) is 1. The van der Waals surface area contributed by atoms with Crippen LogP contribution in [-0.4, -0.2) is 0 Å². The second-order valence-electron chi connectivity index (χ2n) is 5.47. The third-order valence-electron chi connectivity index (χ3n) is 3.72. The van der Waals surface area contributed by atoms with E-state index in [1.54, 1.807) is 6.07 Å². The first-order chi connectivity index (χ1) is 9.92. The zero-order chi connectivity index (χ0) is 15.6. The van der Waals surface area contributed by atoms with Gasteiger partial charge in [0.05, 0.1) is 6.04 Å². The lowest BCUT2D eigenvalue weighted by Gasteiger charge is -2.22. The number of hydrogen-bond donors (Lipinski definition) is 2. The van der Waals surface area contributed by atoms with Crippen LogP contribution in [0.15, 0.2) is 30.3 Å². The summed E-state index contributed by atoms with van der Waals surface area (Å²) in [5.41, 5.74) is 8.28. The molecule has 0 saturated heterocycles. The molecule has 0 radical (unpaired) electrons. The lowest BCUT2D eigenvalue weighted by Crippen LogP contribution is -2.31. The third-order valence-corrected chi connectivity index (χ3v) is 4.09. The SMILES string of the molecule is Cc1cc(C)c(C(Cc2cc(F)ccc2Cl)NN)c(C)c1. The summed E-state index contributed by atoms with van der Waals surface area (Å²) in [4.78, 5) is 0. The second-order valence-corrected chi connectivity index (χ2v) is 5.88. The second kappa shape index (κ2) is 6.56. The van der Waals surface area contributed by atoms with Crippen molar-refractivity contribution in [1.29, 1.82) is 0 Å². The minimum Gasteiger partial charge on any atom is -0.271 e. The first-order valence-corrected chi connectivity index (χ1v) is 7.28. The van der Waals surface area contributed by atoms with Gasteiger partial charge in [0.1, 0.15) is 5.82 Å². The van der Waals surface area contributed by atoms with Crippen LogP contribution in [0.25, 0.3) is 0 Å². The molecule has 0 fully saturated rings. The Bertz CT molecular complexity index is 632. The van der Waals surface area contributed by atoms with Gasteiger partial charge < -0.3 is 0 Å². The number of halogens is 2. The number of aryl methyl sites for hydroxylation is 3. The van der Waals surface area contributed by atoms with E-state index < -0.39 is 0 Å². The highest BCUT2D eigenvalue weighted by molar-refractivity contribution is 6.31. The molecule has 2 aromatic carbocycles. The fourth-order valence-corrected chi connectivity index (χ4v) is 3.10.